The highest BCUT2D eigenvalue weighted by Crippen LogP contribution is 2.28. The number of likely N-dealkylation sites (tertiary alicyclic amines) is 1. The topological polar surface area (TPSA) is 36.4 Å². The molecule has 1 N–H and O–H groups in total. The molecule has 1 saturated heterocycles. The van der Waals surface area contributed by atoms with Gasteiger partial charge in [0, 0.05) is 24.0 Å². The first-order valence-corrected chi connectivity index (χ1v) is 9.46. The molecule has 1 atom stereocenters. The second-order valence-electron chi connectivity index (χ2n) is 7.59. The highest BCUT2D eigenvalue weighted by molar-refractivity contribution is 5.84. The van der Waals surface area contributed by atoms with Crippen LogP contribution in [0.1, 0.15) is 29.5 Å². The second-order valence-corrected chi connectivity index (χ2v) is 7.59. The van der Waals surface area contributed by atoms with Gasteiger partial charge in [0.05, 0.1) is 17.3 Å². The Bertz CT molecular complexity index is 935. The average Bonchev–Trinajstić information content (AvgIpc) is 2.61. The van der Waals surface area contributed by atoms with Crippen LogP contribution in [-0.2, 0) is 6.54 Å². The van der Waals surface area contributed by atoms with Gasteiger partial charge in [0.25, 0.3) is 0 Å². The number of nitrogens with zero attached hydrogens (tertiary/aromatic N) is 2. The highest BCUT2D eigenvalue weighted by atomic mass is 16.3. The summed E-state index contributed by atoms with van der Waals surface area (Å²) in [5.74, 6) is 0. The fraction of sp³-hybridized carbons (Fsp3) is 0.348. The maximum atomic E-state index is 10.0. The van der Waals surface area contributed by atoms with E-state index in [4.69, 9.17) is 4.98 Å². The molecule has 3 nitrogen and oxygen atoms in total. The number of fused-ring (bicyclic) bond motifs is 1. The van der Waals surface area contributed by atoms with Crippen molar-refractivity contribution in [2.75, 3.05) is 13.1 Å². The van der Waals surface area contributed by atoms with Gasteiger partial charge in [-0.2, -0.15) is 0 Å². The van der Waals surface area contributed by atoms with E-state index in [0.29, 0.717) is 0 Å². The molecule has 1 aromatic heterocycles. The lowest BCUT2D eigenvalue weighted by molar-refractivity contribution is 0.0669. The van der Waals surface area contributed by atoms with Crippen molar-refractivity contribution in [3.63, 3.8) is 0 Å². The molecule has 2 heterocycles. The van der Waals surface area contributed by atoms with Crippen LogP contribution in [0.4, 0.5) is 0 Å². The van der Waals surface area contributed by atoms with Crippen LogP contribution in [0.3, 0.4) is 0 Å². The predicted octanol–water partition coefficient (Wildman–Crippen LogP) is 4.48. The van der Waals surface area contributed by atoms with Gasteiger partial charge in [0.1, 0.15) is 0 Å². The summed E-state index contributed by atoms with van der Waals surface area (Å²) in [6, 6.07) is 17.3. The van der Waals surface area contributed by atoms with Crippen LogP contribution in [0.5, 0.6) is 0 Å². The lowest BCUT2D eigenvalue weighted by atomic mass is 9.99. The van der Waals surface area contributed by atoms with E-state index < -0.39 is 0 Å². The number of piperidine rings is 1. The Morgan fingerprint density at radius 1 is 1.08 bits per heavy atom. The maximum Gasteiger partial charge on any atom is 0.0754 e. The third-order valence-electron chi connectivity index (χ3n) is 5.22. The number of pyridine rings is 1. The van der Waals surface area contributed by atoms with Crippen molar-refractivity contribution < 1.29 is 5.11 Å². The van der Waals surface area contributed by atoms with Gasteiger partial charge in [-0.15, -0.1) is 0 Å². The van der Waals surface area contributed by atoms with Gasteiger partial charge in [-0.1, -0.05) is 35.9 Å². The fourth-order valence-corrected chi connectivity index (χ4v) is 3.90. The lowest BCUT2D eigenvalue weighted by Gasteiger charge is -2.30. The van der Waals surface area contributed by atoms with E-state index in [1.807, 2.05) is 0 Å². The molecular weight excluding hydrogens is 320 g/mol. The normalized spacial score (nSPS) is 18.3. The van der Waals surface area contributed by atoms with Gasteiger partial charge >= 0.3 is 0 Å². The zero-order valence-corrected chi connectivity index (χ0v) is 15.6. The van der Waals surface area contributed by atoms with Gasteiger partial charge in [-0.25, -0.2) is 4.98 Å². The molecule has 2 aromatic carbocycles. The molecule has 1 aliphatic heterocycles. The average molecular weight is 346 g/mol. The number of hydrogen-bond acceptors (Lipinski definition) is 3. The number of aryl methyl sites for hydroxylation is 2. The zero-order chi connectivity index (χ0) is 18.1. The van der Waals surface area contributed by atoms with Crippen molar-refractivity contribution in [1.82, 2.24) is 9.88 Å². The molecule has 134 valence electrons. The second kappa shape index (κ2) is 7.18. The Hall–Kier alpha value is -2.23. The molecule has 3 heteroatoms. The molecule has 0 saturated carbocycles. The smallest absolute Gasteiger partial charge is 0.0754 e. The molecule has 1 unspecified atom stereocenters. The van der Waals surface area contributed by atoms with Crippen LogP contribution in [0.2, 0.25) is 0 Å². The monoisotopic (exact) mass is 346 g/mol. The molecule has 0 radical (unpaired) electrons. The van der Waals surface area contributed by atoms with Crippen molar-refractivity contribution in [2.24, 2.45) is 0 Å². The van der Waals surface area contributed by atoms with E-state index in [9.17, 15) is 5.11 Å². The van der Waals surface area contributed by atoms with Gasteiger partial charge < -0.3 is 5.11 Å². The van der Waals surface area contributed by atoms with Crippen molar-refractivity contribution >= 4 is 10.9 Å². The lowest BCUT2D eigenvalue weighted by Crippen LogP contribution is -2.37. The Kier molecular flexibility index (Phi) is 4.75. The van der Waals surface area contributed by atoms with Crippen LogP contribution >= 0.6 is 0 Å². The minimum Gasteiger partial charge on any atom is -0.392 e. The Morgan fingerprint density at radius 2 is 1.92 bits per heavy atom. The molecule has 0 amide bonds. The molecular formula is C23H26N2O. The van der Waals surface area contributed by atoms with Gasteiger partial charge in [0.15, 0.2) is 0 Å². The quantitative estimate of drug-likeness (QED) is 0.760. The highest BCUT2D eigenvalue weighted by Gasteiger charge is 2.20. The van der Waals surface area contributed by atoms with Crippen molar-refractivity contribution in [3.05, 3.63) is 65.2 Å². The Labute approximate surface area is 155 Å². The van der Waals surface area contributed by atoms with E-state index in [2.05, 4.69) is 67.3 Å². The first-order valence-electron chi connectivity index (χ1n) is 9.46. The number of β-amino-alcohol motifs (C(OH)–C–C–N with tert-alkyl or cyclic N) is 1. The summed E-state index contributed by atoms with van der Waals surface area (Å²) in [4.78, 5) is 7.39. The van der Waals surface area contributed by atoms with Crippen molar-refractivity contribution in [1.29, 1.82) is 0 Å². The first-order chi connectivity index (χ1) is 12.6. The molecule has 26 heavy (non-hydrogen) atoms. The molecule has 1 fully saturated rings. The SMILES string of the molecule is Cc1cccc(-c2nc3cc(C)ccc3cc2CN2CCCC(O)C2)c1. The van der Waals surface area contributed by atoms with Gasteiger partial charge in [-0.3, -0.25) is 4.90 Å². The van der Waals surface area contributed by atoms with Crippen LogP contribution in [0.15, 0.2) is 48.5 Å². The summed E-state index contributed by atoms with van der Waals surface area (Å²) in [6.07, 6.45) is 1.76. The third-order valence-corrected chi connectivity index (χ3v) is 5.22. The Balaban J connectivity index is 1.80. The fourth-order valence-electron chi connectivity index (χ4n) is 3.90. The standard InChI is InChI=1S/C23H26N2O/c1-16-5-3-6-19(11-16)23-20(14-25-10-4-7-21(26)15-25)13-18-9-8-17(2)12-22(18)24-23/h3,5-6,8-9,11-13,21,26H,4,7,10,14-15H2,1-2H3. The van der Waals surface area contributed by atoms with Crippen molar-refractivity contribution in [2.45, 2.75) is 39.3 Å². The van der Waals surface area contributed by atoms with E-state index in [0.717, 1.165) is 43.7 Å². The maximum absolute atomic E-state index is 10.0. The molecule has 3 aromatic rings. The van der Waals surface area contributed by atoms with Crippen molar-refractivity contribution in [3.8, 4) is 11.3 Å². The molecule has 4 rings (SSSR count). The van der Waals surface area contributed by atoms with E-state index >= 15 is 0 Å². The number of aliphatic hydroxyl groups is 1. The molecule has 0 aliphatic carbocycles. The van der Waals surface area contributed by atoms with E-state index in [1.54, 1.807) is 0 Å². The van der Waals surface area contributed by atoms with E-state index in [-0.39, 0.29) is 6.10 Å². The third kappa shape index (κ3) is 3.64. The number of aliphatic hydroxyl groups excluding tert-OH is 1. The Morgan fingerprint density at radius 3 is 2.73 bits per heavy atom. The van der Waals surface area contributed by atoms with Crippen LogP contribution in [0, 0.1) is 13.8 Å². The zero-order valence-electron chi connectivity index (χ0n) is 15.6. The number of rotatable bonds is 3. The van der Waals surface area contributed by atoms with E-state index in [1.165, 1.54) is 27.6 Å². The predicted molar refractivity (Wildman–Crippen MR) is 107 cm³/mol. The summed E-state index contributed by atoms with van der Waals surface area (Å²) in [5.41, 5.74) is 6.98. The summed E-state index contributed by atoms with van der Waals surface area (Å²) >= 11 is 0. The number of hydrogen-bond donors (Lipinski definition) is 1. The summed E-state index contributed by atoms with van der Waals surface area (Å²) in [5, 5.41) is 11.2. The first kappa shape index (κ1) is 17.2. The largest absolute Gasteiger partial charge is 0.392 e. The van der Waals surface area contributed by atoms with Crippen LogP contribution in [-0.4, -0.2) is 34.2 Å². The van der Waals surface area contributed by atoms with Gasteiger partial charge in [-0.05, 0) is 62.6 Å². The minimum atomic E-state index is -0.206. The van der Waals surface area contributed by atoms with Crippen LogP contribution in [0.25, 0.3) is 22.2 Å². The molecule has 0 spiro atoms. The number of benzene rings is 2. The molecule has 1 aliphatic rings. The number of aromatic nitrogens is 1. The summed E-state index contributed by atoms with van der Waals surface area (Å²) in [7, 11) is 0. The summed E-state index contributed by atoms with van der Waals surface area (Å²) < 4.78 is 0. The van der Waals surface area contributed by atoms with Crippen LogP contribution < -0.4 is 0 Å². The molecule has 0 bridgehead atoms. The minimum absolute atomic E-state index is 0.206. The van der Waals surface area contributed by atoms with Gasteiger partial charge in [0.2, 0.25) is 0 Å². The summed E-state index contributed by atoms with van der Waals surface area (Å²) in [6.45, 7) is 6.85.